The average Bonchev–Trinajstić information content (AvgIpc) is 3.39. The topological polar surface area (TPSA) is 61.4 Å². The molecule has 0 aromatic heterocycles. The second-order valence-corrected chi connectivity index (χ2v) is 7.27. The lowest BCUT2D eigenvalue weighted by Crippen LogP contribution is -2.46. The molecule has 1 saturated carbocycles. The lowest BCUT2D eigenvalue weighted by Gasteiger charge is -2.31. The minimum absolute atomic E-state index is 0.111. The molecule has 0 bridgehead atoms. The van der Waals surface area contributed by atoms with Crippen LogP contribution in [-0.4, -0.2) is 42.4 Å². The Morgan fingerprint density at radius 1 is 1.12 bits per heavy atom. The van der Waals surface area contributed by atoms with Gasteiger partial charge in [-0.2, -0.15) is 0 Å². The second kappa shape index (κ2) is 7.72. The molecule has 24 heavy (non-hydrogen) atoms. The van der Waals surface area contributed by atoms with Gasteiger partial charge in [0.05, 0.1) is 22.3 Å². The molecule has 0 atom stereocenters. The van der Waals surface area contributed by atoms with Crippen LogP contribution in [0.25, 0.3) is 0 Å². The van der Waals surface area contributed by atoms with Gasteiger partial charge in [0.15, 0.2) is 0 Å². The Morgan fingerprint density at radius 2 is 1.83 bits per heavy atom. The molecule has 0 radical (unpaired) electrons. The Hall–Kier alpha value is -1.30. The van der Waals surface area contributed by atoms with Gasteiger partial charge in [0.1, 0.15) is 0 Å². The zero-order chi connectivity index (χ0) is 17.1. The monoisotopic (exact) mass is 369 g/mol. The van der Waals surface area contributed by atoms with Gasteiger partial charge in [0, 0.05) is 25.0 Å². The third-order valence-electron chi connectivity index (χ3n) is 4.47. The fraction of sp³-hybridized carbons (Fsp3) is 0.529. The number of likely N-dealkylation sites (tertiary alicyclic amines) is 1. The molecular weight excluding hydrogens is 349 g/mol. The fourth-order valence-electron chi connectivity index (χ4n) is 2.89. The normalized spacial score (nSPS) is 19.1. The van der Waals surface area contributed by atoms with Crippen LogP contribution in [0.15, 0.2) is 18.2 Å². The third kappa shape index (κ3) is 4.62. The second-order valence-electron chi connectivity index (χ2n) is 6.48. The first-order valence-electron chi connectivity index (χ1n) is 8.29. The highest BCUT2D eigenvalue weighted by Crippen LogP contribution is 2.30. The van der Waals surface area contributed by atoms with Crippen molar-refractivity contribution >= 4 is 40.7 Å². The SMILES string of the molecule is O=C(CN1CCC(NC(=O)C2CC2)CC1)Nc1cccc(Cl)c1Cl. The molecule has 2 aliphatic rings. The Bertz CT molecular complexity index is 626. The first kappa shape index (κ1) is 17.5. The maximum Gasteiger partial charge on any atom is 0.238 e. The maximum atomic E-state index is 12.2. The minimum atomic E-state index is -0.111. The van der Waals surface area contributed by atoms with Crippen LogP contribution in [0.4, 0.5) is 5.69 Å². The highest BCUT2D eigenvalue weighted by Gasteiger charge is 2.31. The summed E-state index contributed by atoms with van der Waals surface area (Å²) < 4.78 is 0. The van der Waals surface area contributed by atoms with E-state index in [1.807, 2.05) is 0 Å². The van der Waals surface area contributed by atoms with E-state index in [1.54, 1.807) is 18.2 Å². The molecule has 2 fully saturated rings. The van der Waals surface area contributed by atoms with Gasteiger partial charge in [-0.3, -0.25) is 14.5 Å². The molecule has 2 N–H and O–H groups in total. The van der Waals surface area contributed by atoms with Crippen molar-refractivity contribution in [1.82, 2.24) is 10.2 Å². The molecule has 0 spiro atoms. The number of carbonyl (C=O) groups is 2. The van der Waals surface area contributed by atoms with Crippen molar-refractivity contribution in [3.8, 4) is 0 Å². The first-order valence-corrected chi connectivity index (χ1v) is 9.05. The summed E-state index contributed by atoms with van der Waals surface area (Å²) in [5.74, 6) is 0.331. The summed E-state index contributed by atoms with van der Waals surface area (Å²) >= 11 is 12.0. The van der Waals surface area contributed by atoms with Crippen molar-refractivity contribution in [2.24, 2.45) is 5.92 Å². The van der Waals surface area contributed by atoms with Crippen molar-refractivity contribution in [1.29, 1.82) is 0 Å². The van der Waals surface area contributed by atoms with E-state index in [4.69, 9.17) is 23.2 Å². The Kier molecular flexibility index (Phi) is 5.64. The number of carbonyl (C=O) groups excluding carboxylic acids is 2. The number of halogens is 2. The summed E-state index contributed by atoms with van der Waals surface area (Å²) in [6, 6.07) is 5.39. The van der Waals surface area contributed by atoms with Crippen molar-refractivity contribution in [3.63, 3.8) is 0 Å². The molecular formula is C17H21Cl2N3O2. The number of amides is 2. The Morgan fingerprint density at radius 3 is 2.50 bits per heavy atom. The molecule has 130 valence electrons. The molecule has 1 aromatic rings. The van der Waals surface area contributed by atoms with Crippen molar-refractivity contribution in [2.75, 3.05) is 25.0 Å². The van der Waals surface area contributed by atoms with Crippen LogP contribution in [0.5, 0.6) is 0 Å². The first-order chi connectivity index (χ1) is 11.5. The van der Waals surface area contributed by atoms with E-state index >= 15 is 0 Å². The summed E-state index contributed by atoms with van der Waals surface area (Å²) in [5, 5.41) is 6.68. The number of hydrogen-bond acceptors (Lipinski definition) is 3. The van der Waals surface area contributed by atoms with Crippen molar-refractivity contribution in [2.45, 2.75) is 31.7 Å². The van der Waals surface area contributed by atoms with Crippen LogP contribution in [0.1, 0.15) is 25.7 Å². The van der Waals surface area contributed by atoms with Crippen LogP contribution < -0.4 is 10.6 Å². The predicted octanol–water partition coefficient (Wildman–Crippen LogP) is 2.92. The molecule has 5 nitrogen and oxygen atoms in total. The number of anilines is 1. The molecule has 3 rings (SSSR count). The van der Waals surface area contributed by atoms with E-state index in [-0.39, 0.29) is 23.8 Å². The van der Waals surface area contributed by atoms with Crippen molar-refractivity contribution in [3.05, 3.63) is 28.2 Å². The molecule has 1 aromatic carbocycles. The summed E-state index contributed by atoms with van der Waals surface area (Å²) in [6.45, 7) is 1.91. The number of rotatable bonds is 5. The van der Waals surface area contributed by atoms with E-state index in [0.29, 0.717) is 22.3 Å². The van der Waals surface area contributed by atoms with Gasteiger partial charge in [-0.15, -0.1) is 0 Å². The molecule has 1 aliphatic heterocycles. The summed E-state index contributed by atoms with van der Waals surface area (Å²) in [6.07, 6.45) is 3.81. The molecule has 1 saturated heterocycles. The van der Waals surface area contributed by atoms with Gasteiger partial charge in [-0.1, -0.05) is 29.3 Å². The minimum Gasteiger partial charge on any atom is -0.353 e. The van der Waals surface area contributed by atoms with Crippen LogP contribution in [-0.2, 0) is 9.59 Å². The predicted molar refractivity (Wildman–Crippen MR) is 95.4 cm³/mol. The fourth-order valence-corrected chi connectivity index (χ4v) is 3.24. The highest BCUT2D eigenvalue weighted by molar-refractivity contribution is 6.44. The highest BCUT2D eigenvalue weighted by atomic mass is 35.5. The molecule has 1 heterocycles. The summed E-state index contributed by atoms with van der Waals surface area (Å²) in [7, 11) is 0. The van der Waals surface area contributed by atoms with Gasteiger partial charge in [-0.25, -0.2) is 0 Å². The summed E-state index contributed by atoms with van der Waals surface area (Å²) in [5.41, 5.74) is 0.528. The lowest BCUT2D eigenvalue weighted by molar-refractivity contribution is -0.123. The van der Waals surface area contributed by atoms with E-state index in [9.17, 15) is 9.59 Å². The van der Waals surface area contributed by atoms with E-state index in [1.165, 1.54) is 0 Å². The van der Waals surface area contributed by atoms with E-state index in [0.717, 1.165) is 38.8 Å². The van der Waals surface area contributed by atoms with Gasteiger partial charge >= 0.3 is 0 Å². The average molecular weight is 370 g/mol. The maximum absolute atomic E-state index is 12.2. The van der Waals surface area contributed by atoms with Gasteiger partial charge in [0.25, 0.3) is 0 Å². The smallest absolute Gasteiger partial charge is 0.238 e. The van der Waals surface area contributed by atoms with E-state index < -0.39 is 0 Å². The van der Waals surface area contributed by atoms with Crippen LogP contribution >= 0.6 is 23.2 Å². The number of nitrogens with one attached hydrogen (secondary N) is 2. The molecule has 7 heteroatoms. The third-order valence-corrected chi connectivity index (χ3v) is 5.29. The zero-order valence-electron chi connectivity index (χ0n) is 13.4. The molecule has 2 amide bonds. The number of nitrogens with zero attached hydrogens (tertiary/aromatic N) is 1. The molecule has 1 aliphatic carbocycles. The van der Waals surface area contributed by atoms with Crippen molar-refractivity contribution < 1.29 is 9.59 Å². The van der Waals surface area contributed by atoms with Crippen LogP contribution in [0.3, 0.4) is 0 Å². The Labute approximate surface area is 151 Å². The number of benzene rings is 1. The largest absolute Gasteiger partial charge is 0.353 e. The van der Waals surface area contributed by atoms with E-state index in [2.05, 4.69) is 15.5 Å². The van der Waals surface area contributed by atoms with Gasteiger partial charge in [0.2, 0.25) is 11.8 Å². The Balaban J connectivity index is 1.43. The van der Waals surface area contributed by atoms with Gasteiger partial charge < -0.3 is 10.6 Å². The lowest BCUT2D eigenvalue weighted by atomic mass is 10.0. The van der Waals surface area contributed by atoms with Crippen LogP contribution in [0, 0.1) is 5.92 Å². The zero-order valence-corrected chi connectivity index (χ0v) is 14.9. The van der Waals surface area contributed by atoms with Crippen LogP contribution in [0.2, 0.25) is 10.0 Å². The number of hydrogen-bond donors (Lipinski definition) is 2. The standard InChI is InChI=1S/C17H21Cl2N3O2/c18-13-2-1-3-14(16(13)19)21-15(23)10-22-8-6-12(7-9-22)20-17(24)11-4-5-11/h1-3,11-12H,4-10H2,(H,20,24)(H,21,23). The quantitative estimate of drug-likeness (QED) is 0.838. The number of piperidine rings is 1. The summed E-state index contributed by atoms with van der Waals surface area (Å²) in [4.78, 5) is 26.1. The van der Waals surface area contributed by atoms with Gasteiger partial charge in [-0.05, 0) is 37.8 Å². The molecule has 0 unspecified atom stereocenters.